The highest BCUT2D eigenvalue weighted by Crippen LogP contribution is 2.43. The van der Waals surface area contributed by atoms with Crippen molar-refractivity contribution in [3.63, 3.8) is 0 Å². The van der Waals surface area contributed by atoms with Crippen LogP contribution in [-0.4, -0.2) is 39.3 Å². The van der Waals surface area contributed by atoms with Gasteiger partial charge in [-0.15, -0.1) is 0 Å². The van der Waals surface area contributed by atoms with Crippen LogP contribution in [0.15, 0.2) is 36.7 Å². The largest absolute Gasteiger partial charge is 0.491 e. The van der Waals surface area contributed by atoms with Crippen LogP contribution in [0.25, 0.3) is 11.1 Å². The van der Waals surface area contributed by atoms with Gasteiger partial charge in [-0.05, 0) is 63.8 Å². The first-order chi connectivity index (χ1) is 15.2. The molecular weight excluding hydrogens is 404 g/mol. The summed E-state index contributed by atoms with van der Waals surface area (Å²) in [6.45, 7) is 8.19. The van der Waals surface area contributed by atoms with Crippen molar-refractivity contribution in [1.29, 1.82) is 0 Å². The molecule has 1 N–H and O–H groups in total. The fraction of sp³-hybridized carbons (Fsp3) is 0.538. The average molecular weight is 439 g/mol. The van der Waals surface area contributed by atoms with E-state index in [-0.39, 0.29) is 12.1 Å². The van der Waals surface area contributed by atoms with Crippen molar-refractivity contribution < 1.29 is 19.4 Å². The van der Waals surface area contributed by atoms with E-state index in [2.05, 4.69) is 4.98 Å². The summed E-state index contributed by atoms with van der Waals surface area (Å²) in [6, 6.07) is 7.69. The Morgan fingerprint density at radius 1 is 1.25 bits per heavy atom. The SMILES string of the molecule is CC1Oc2cc(OCC(CC3CCCC3)N(C(=O)O)C(C)(C)C)ccc2-c2ccncc21. The van der Waals surface area contributed by atoms with E-state index in [0.29, 0.717) is 18.3 Å². The standard InChI is InChI=1S/C26H34N2O4/c1-17-23-15-27-12-11-21(23)22-10-9-20(14-24(22)32-17)31-16-19(13-18-7-5-6-8-18)28(25(29)30)26(2,3)4/h9-12,14-15,17-19H,5-8,13,16H2,1-4H3,(H,29,30). The summed E-state index contributed by atoms with van der Waals surface area (Å²) >= 11 is 0. The molecule has 0 saturated heterocycles. The van der Waals surface area contributed by atoms with Crippen molar-refractivity contribution in [1.82, 2.24) is 9.88 Å². The van der Waals surface area contributed by atoms with Crippen molar-refractivity contribution in [2.75, 3.05) is 6.61 Å². The first-order valence-corrected chi connectivity index (χ1v) is 11.6. The van der Waals surface area contributed by atoms with Gasteiger partial charge in [0.15, 0.2) is 0 Å². The maximum Gasteiger partial charge on any atom is 0.408 e. The Hall–Kier alpha value is -2.76. The summed E-state index contributed by atoms with van der Waals surface area (Å²) in [4.78, 5) is 18.0. The van der Waals surface area contributed by atoms with Gasteiger partial charge in [0.2, 0.25) is 0 Å². The number of nitrogens with zero attached hydrogens (tertiary/aromatic N) is 2. The van der Waals surface area contributed by atoms with Crippen molar-refractivity contribution in [3.05, 3.63) is 42.2 Å². The molecule has 0 spiro atoms. The molecule has 0 bridgehead atoms. The number of benzene rings is 1. The first kappa shape index (κ1) is 22.4. The van der Waals surface area contributed by atoms with Crippen LogP contribution < -0.4 is 9.47 Å². The molecular formula is C26H34N2O4. The Morgan fingerprint density at radius 3 is 2.69 bits per heavy atom. The molecule has 2 aliphatic rings. The van der Waals surface area contributed by atoms with Gasteiger partial charge < -0.3 is 14.6 Å². The zero-order chi connectivity index (χ0) is 22.9. The van der Waals surface area contributed by atoms with Gasteiger partial charge >= 0.3 is 6.09 Å². The second-order valence-electron chi connectivity index (χ2n) is 10.1. The van der Waals surface area contributed by atoms with Crippen LogP contribution in [0.5, 0.6) is 11.5 Å². The summed E-state index contributed by atoms with van der Waals surface area (Å²) in [5.41, 5.74) is 2.74. The van der Waals surface area contributed by atoms with Crippen molar-refractivity contribution in [2.45, 2.75) is 77.5 Å². The Balaban J connectivity index is 1.54. The maximum absolute atomic E-state index is 12.2. The Morgan fingerprint density at radius 2 is 2.00 bits per heavy atom. The Bertz CT molecular complexity index is 963. The molecule has 6 heteroatoms. The van der Waals surface area contributed by atoms with E-state index < -0.39 is 11.6 Å². The number of carbonyl (C=O) groups is 1. The van der Waals surface area contributed by atoms with E-state index in [1.54, 1.807) is 11.1 Å². The second kappa shape index (κ2) is 9.00. The van der Waals surface area contributed by atoms with E-state index in [9.17, 15) is 9.90 Å². The molecule has 0 radical (unpaired) electrons. The van der Waals surface area contributed by atoms with Crippen LogP contribution in [0.4, 0.5) is 4.79 Å². The highest BCUT2D eigenvalue weighted by atomic mass is 16.5. The second-order valence-corrected chi connectivity index (χ2v) is 10.1. The van der Waals surface area contributed by atoms with Gasteiger partial charge in [-0.25, -0.2) is 4.79 Å². The lowest BCUT2D eigenvalue weighted by Gasteiger charge is -2.40. The average Bonchev–Trinajstić information content (AvgIpc) is 3.24. The number of pyridine rings is 1. The molecule has 2 heterocycles. The zero-order valence-corrected chi connectivity index (χ0v) is 19.5. The third kappa shape index (κ3) is 4.69. The minimum atomic E-state index is -0.892. The van der Waals surface area contributed by atoms with Gasteiger partial charge in [-0.3, -0.25) is 9.88 Å². The molecule has 2 aromatic rings. The third-order valence-corrected chi connectivity index (χ3v) is 6.65. The fourth-order valence-corrected chi connectivity index (χ4v) is 5.20. The number of ether oxygens (including phenoxy) is 2. The molecule has 1 aliphatic heterocycles. The molecule has 1 aliphatic carbocycles. The van der Waals surface area contributed by atoms with Gasteiger partial charge in [0.05, 0.1) is 6.04 Å². The monoisotopic (exact) mass is 438 g/mol. The van der Waals surface area contributed by atoms with Crippen molar-refractivity contribution >= 4 is 6.09 Å². The van der Waals surface area contributed by atoms with Gasteiger partial charge in [-0.2, -0.15) is 0 Å². The molecule has 4 rings (SSSR count). The van der Waals surface area contributed by atoms with E-state index in [0.717, 1.165) is 28.9 Å². The quantitative estimate of drug-likeness (QED) is 0.572. The van der Waals surface area contributed by atoms with Crippen LogP contribution in [0.1, 0.15) is 71.5 Å². The lowest BCUT2D eigenvalue weighted by Crippen LogP contribution is -2.53. The number of aromatic nitrogens is 1. The van der Waals surface area contributed by atoms with E-state index >= 15 is 0 Å². The Labute approximate surface area is 190 Å². The summed E-state index contributed by atoms with van der Waals surface area (Å²) in [6.07, 6.45) is 8.33. The minimum Gasteiger partial charge on any atom is -0.491 e. The maximum atomic E-state index is 12.2. The van der Waals surface area contributed by atoms with Crippen LogP contribution in [0, 0.1) is 5.92 Å². The molecule has 1 saturated carbocycles. The summed E-state index contributed by atoms with van der Waals surface area (Å²) in [5, 5.41) is 9.98. The van der Waals surface area contributed by atoms with Crippen LogP contribution in [0.3, 0.4) is 0 Å². The van der Waals surface area contributed by atoms with Crippen molar-refractivity contribution in [3.8, 4) is 22.6 Å². The van der Waals surface area contributed by atoms with Crippen LogP contribution in [0.2, 0.25) is 0 Å². The molecule has 1 amide bonds. The molecule has 1 fully saturated rings. The lowest BCUT2D eigenvalue weighted by atomic mass is 9.94. The molecule has 172 valence electrons. The number of fused-ring (bicyclic) bond motifs is 3. The zero-order valence-electron chi connectivity index (χ0n) is 19.5. The van der Waals surface area contributed by atoms with Crippen LogP contribution >= 0.6 is 0 Å². The summed E-state index contributed by atoms with van der Waals surface area (Å²) in [5.74, 6) is 2.04. The van der Waals surface area contributed by atoms with Crippen LogP contribution in [-0.2, 0) is 0 Å². The third-order valence-electron chi connectivity index (χ3n) is 6.65. The van der Waals surface area contributed by atoms with Gasteiger partial charge in [-0.1, -0.05) is 25.7 Å². The highest BCUT2D eigenvalue weighted by Gasteiger charge is 2.35. The summed E-state index contributed by atoms with van der Waals surface area (Å²) < 4.78 is 12.3. The predicted octanol–water partition coefficient (Wildman–Crippen LogP) is 6.31. The normalized spacial score (nSPS) is 18.9. The molecule has 2 atom stereocenters. The summed E-state index contributed by atoms with van der Waals surface area (Å²) in [7, 11) is 0. The molecule has 2 unspecified atom stereocenters. The number of amides is 1. The number of hydrogen-bond acceptors (Lipinski definition) is 4. The number of rotatable bonds is 6. The smallest absolute Gasteiger partial charge is 0.408 e. The fourth-order valence-electron chi connectivity index (χ4n) is 5.20. The van der Waals surface area contributed by atoms with E-state index in [1.807, 2.05) is 58.2 Å². The molecule has 1 aromatic carbocycles. The van der Waals surface area contributed by atoms with Crippen molar-refractivity contribution in [2.24, 2.45) is 5.92 Å². The lowest BCUT2D eigenvalue weighted by molar-refractivity contribution is 0.0417. The number of carboxylic acid groups (broad SMARTS) is 1. The topological polar surface area (TPSA) is 71.9 Å². The molecule has 6 nitrogen and oxygen atoms in total. The molecule has 32 heavy (non-hydrogen) atoms. The predicted molar refractivity (Wildman–Crippen MR) is 124 cm³/mol. The minimum absolute atomic E-state index is 0.0834. The number of hydrogen-bond donors (Lipinski definition) is 1. The highest BCUT2D eigenvalue weighted by molar-refractivity contribution is 5.76. The van der Waals surface area contributed by atoms with Gasteiger partial charge in [0.1, 0.15) is 24.2 Å². The first-order valence-electron chi connectivity index (χ1n) is 11.6. The molecule has 1 aromatic heterocycles. The van der Waals surface area contributed by atoms with E-state index in [4.69, 9.17) is 9.47 Å². The van der Waals surface area contributed by atoms with E-state index in [1.165, 1.54) is 25.7 Å². The Kier molecular flexibility index (Phi) is 6.31. The van der Waals surface area contributed by atoms with Gasteiger partial charge in [0.25, 0.3) is 0 Å². The van der Waals surface area contributed by atoms with Gasteiger partial charge in [0, 0.05) is 35.1 Å².